The number of piperidine rings is 2. The van der Waals surface area contributed by atoms with Gasteiger partial charge in [0.15, 0.2) is 0 Å². The monoisotopic (exact) mass is 454 g/mol. The average Bonchev–Trinajstić information content (AvgIpc) is 3.43. The van der Waals surface area contributed by atoms with E-state index in [4.69, 9.17) is 0 Å². The minimum atomic E-state index is -0.259. The lowest BCUT2D eigenvalue weighted by Gasteiger charge is -2.36. The molecule has 180 valence electrons. The molecule has 3 aliphatic rings. The van der Waals surface area contributed by atoms with E-state index < -0.39 is 0 Å². The number of anilines is 1. The molecule has 2 amide bonds. The fraction of sp³-hybridized carbons (Fsp3) is 0.654. The second-order valence-electron chi connectivity index (χ2n) is 10.4. The predicted molar refractivity (Wildman–Crippen MR) is 129 cm³/mol. The maximum absolute atomic E-state index is 11.7. The maximum atomic E-state index is 11.7. The largest absolute Gasteiger partial charge is 0.372 e. The van der Waals surface area contributed by atoms with Crippen LogP contribution in [0.25, 0.3) is 0 Å². The van der Waals surface area contributed by atoms with Crippen molar-refractivity contribution in [1.29, 1.82) is 0 Å². The number of amides is 2. The Morgan fingerprint density at radius 2 is 1.94 bits per heavy atom. The Hall–Kier alpha value is -2.25. The van der Waals surface area contributed by atoms with Gasteiger partial charge < -0.3 is 9.80 Å². The topological polar surface area (TPSA) is 73.0 Å². The number of imide groups is 1. The molecule has 33 heavy (non-hydrogen) atoms. The van der Waals surface area contributed by atoms with Gasteiger partial charge in [0.2, 0.25) is 12.3 Å². The number of likely N-dealkylation sites (tertiary alicyclic amines) is 1. The first-order valence-electron chi connectivity index (χ1n) is 12.5. The second-order valence-corrected chi connectivity index (χ2v) is 10.4. The fourth-order valence-corrected chi connectivity index (χ4v) is 5.55. The molecule has 4 rings (SSSR count). The van der Waals surface area contributed by atoms with Crippen LogP contribution in [0, 0.1) is 17.8 Å². The molecule has 0 radical (unpaired) electrons. The summed E-state index contributed by atoms with van der Waals surface area (Å²) in [6, 6.07) is 6.34. The second kappa shape index (κ2) is 10.8. The van der Waals surface area contributed by atoms with Crippen LogP contribution in [0.1, 0.15) is 54.9 Å². The smallest absolute Gasteiger partial charge is 0.226 e. The summed E-state index contributed by atoms with van der Waals surface area (Å²) >= 11 is 0. The zero-order valence-corrected chi connectivity index (χ0v) is 20.0. The van der Waals surface area contributed by atoms with Crippen LogP contribution in [0.2, 0.25) is 0 Å². The number of nitrogens with zero attached hydrogens (tertiary/aromatic N) is 3. The summed E-state index contributed by atoms with van der Waals surface area (Å²) in [5.41, 5.74) is 2.94. The van der Waals surface area contributed by atoms with Gasteiger partial charge in [-0.2, -0.15) is 0 Å². The number of benzene rings is 1. The van der Waals surface area contributed by atoms with Gasteiger partial charge in [-0.05, 0) is 81.2 Å². The van der Waals surface area contributed by atoms with Gasteiger partial charge in [-0.25, -0.2) is 0 Å². The SMILES string of the molecule is CC(CCC(=O)NC=O)N(C)Cc1cc(N2CCC(CN3CC4CC4C3)CC2)ccc1C=O. The van der Waals surface area contributed by atoms with Gasteiger partial charge in [0.05, 0.1) is 0 Å². The molecule has 7 heteroatoms. The van der Waals surface area contributed by atoms with Gasteiger partial charge in [0.1, 0.15) is 6.29 Å². The van der Waals surface area contributed by atoms with E-state index in [1.54, 1.807) is 0 Å². The van der Waals surface area contributed by atoms with Crippen molar-refractivity contribution in [2.75, 3.05) is 44.7 Å². The van der Waals surface area contributed by atoms with E-state index in [2.05, 4.69) is 39.1 Å². The number of carbonyl (C=O) groups excluding carboxylic acids is 3. The first kappa shape index (κ1) is 23.9. The number of fused-ring (bicyclic) bond motifs is 1. The van der Waals surface area contributed by atoms with Crippen molar-refractivity contribution in [2.45, 2.75) is 51.6 Å². The van der Waals surface area contributed by atoms with Crippen molar-refractivity contribution >= 4 is 24.3 Å². The van der Waals surface area contributed by atoms with E-state index in [1.165, 1.54) is 44.6 Å². The summed E-state index contributed by atoms with van der Waals surface area (Å²) in [5, 5.41) is 2.19. The van der Waals surface area contributed by atoms with Crippen LogP contribution in [0.3, 0.4) is 0 Å². The Morgan fingerprint density at radius 1 is 1.21 bits per heavy atom. The highest BCUT2D eigenvalue weighted by Gasteiger charge is 2.45. The molecule has 1 aliphatic carbocycles. The Bertz CT molecular complexity index is 842. The molecule has 2 saturated heterocycles. The third-order valence-electron chi connectivity index (χ3n) is 7.99. The molecule has 2 heterocycles. The molecule has 0 bridgehead atoms. The summed E-state index contributed by atoms with van der Waals surface area (Å²) < 4.78 is 0. The van der Waals surface area contributed by atoms with Crippen LogP contribution in [0.15, 0.2) is 18.2 Å². The highest BCUT2D eigenvalue weighted by molar-refractivity contribution is 5.85. The summed E-state index contributed by atoms with van der Waals surface area (Å²) in [6.07, 6.45) is 6.25. The number of aldehydes is 1. The molecule has 1 saturated carbocycles. The van der Waals surface area contributed by atoms with Gasteiger partial charge in [0, 0.05) is 63.0 Å². The molecule has 7 nitrogen and oxygen atoms in total. The molecule has 1 aromatic carbocycles. The molecule has 1 N–H and O–H groups in total. The third-order valence-corrected chi connectivity index (χ3v) is 7.99. The minimum Gasteiger partial charge on any atom is -0.372 e. The lowest BCUT2D eigenvalue weighted by molar-refractivity contribution is -0.125. The van der Waals surface area contributed by atoms with Crippen LogP contribution in [-0.2, 0) is 16.1 Å². The third kappa shape index (κ3) is 6.21. The summed E-state index contributed by atoms with van der Waals surface area (Å²) in [6.45, 7) is 8.78. The van der Waals surface area contributed by atoms with E-state index in [-0.39, 0.29) is 11.9 Å². The van der Waals surface area contributed by atoms with Gasteiger partial charge in [-0.1, -0.05) is 0 Å². The number of hydrogen-bond acceptors (Lipinski definition) is 6. The summed E-state index contributed by atoms with van der Waals surface area (Å²) in [4.78, 5) is 40.9. The van der Waals surface area contributed by atoms with Crippen molar-refractivity contribution < 1.29 is 14.4 Å². The summed E-state index contributed by atoms with van der Waals surface area (Å²) in [5.74, 6) is 2.56. The molecule has 3 unspecified atom stereocenters. The zero-order chi connectivity index (χ0) is 23.4. The molecule has 0 aromatic heterocycles. The van der Waals surface area contributed by atoms with E-state index in [1.807, 2.05) is 13.1 Å². The van der Waals surface area contributed by atoms with Gasteiger partial charge in [-0.3, -0.25) is 24.6 Å². The normalized spacial score (nSPS) is 23.9. The molecular weight excluding hydrogens is 416 g/mol. The molecule has 0 spiro atoms. The Kier molecular flexibility index (Phi) is 7.81. The first-order valence-corrected chi connectivity index (χ1v) is 12.5. The Morgan fingerprint density at radius 3 is 2.61 bits per heavy atom. The van der Waals surface area contributed by atoms with Crippen molar-refractivity contribution in [3.05, 3.63) is 29.3 Å². The lowest BCUT2D eigenvalue weighted by atomic mass is 9.95. The van der Waals surface area contributed by atoms with Crippen LogP contribution in [0.4, 0.5) is 5.69 Å². The van der Waals surface area contributed by atoms with Gasteiger partial charge >= 0.3 is 0 Å². The lowest BCUT2D eigenvalue weighted by Crippen LogP contribution is -2.38. The average molecular weight is 455 g/mol. The maximum Gasteiger partial charge on any atom is 0.226 e. The van der Waals surface area contributed by atoms with Crippen molar-refractivity contribution in [1.82, 2.24) is 15.1 Å². The first-order chi connectivity index (χ1) is 16.0. The van der Waals surface area contributed by atoms with E-state index in [0.29, 0.717) is 25.8 Å². The van der Waals surface area contributed by atoms with E-state index >= 15 is 0 Å². The fourth-order valence-electron chi connectivity index (χ4n) is 5.55. The number of nitrogens with one attached hydrogen (secondary N) is 1. The number of hydrogen-bond donors (Lipinski definition) is 1. The highest BCUT2D eigenvalue weighted by atomic mass is 16.2. The highest BCUT2D eigenvalue weighted by Crippen LogP contribution is 2.45. The van der Waals surface area contributed by atoms with E-state index in [9.17, 15) is 14.4 Å². The Balaban J connectivity index is 1.30. The summed E-state index contributed by atoms with van der Waals surface area (Å²) in [7, 11) is 2.01. The van der Waals surface area contributed by atoms with Crippen molar-refractivity contribution in [3.8, 4) is 0 Å². The molecule has 2 aliphatic heterocycles. The van der Waals surface area contributed by atoms with Crippen LogP contribution in [-0.4, -0.2) is 74.2 Å². The van der Waals surface area contributed by atoms with Crippen LogP contribution >= 0.6 is 0 Å². The standard InChI is InChI=1S/C26H38N4O3/c1-19(3-6-26(33)27-18-32)28(2)14-24-12-25(5-4-21(24)17-31)30-9-7-20(8-10-30)13-29-15-22-11-23(22)16-29/h4-5,12,17-20,22-23H,3,6-11,13-16H2,1-2H3,(H,27,32,33). The van der Waals surface area contributed by atoms with Crippen molar-refractivity contribution in [3.63, 3.8) is 0 Å². The minimum absolute atomic E-state index is 0.151. The number of rotatable bonds is 11. The van der Waals surface area contributed by atoms with Crippen LogP contribution in [0.5, 0.6) is 0 Å². The predicted octanol–water partition coefficient (Wildman–Crippen LogP) is 2.54. The number of carbonyl (C=O) groups is 3. The van der Waals surface area contributed by atoms with Crippen LogP contribution < -0.4 is 10.2 Å². The molecule has 1 aromatic rings. The van der Waals surface area contributed by atoms with Gasteiger partial charge in [-0.15, -0.1) is 0 Å². The zero-order valence-electron chi connectivity index (χ0n) is 20.0. The molecule has 3 atom stereocenters. The molecule has 3 fully saturated rings. The Labute approximate surface area is 197 Å². The molecular formula is C26H38N4O3. The van der Waals surface area contributed by atoms with Crippen molar-refractivity contribution in [2.24, 2.45) is 17.8 Å². The van der Waals surface area contributed by atoms with E-state index in [0.717, 1.165) is 48.3 Å². The quantitative estimate of drug-likeness (QED) is 0.518. The van der Waals surface area contributed by atoms with Gasteiger partial charge in [0.25, 0.3) is 0 Å².